The Bertz CT molecular complexity index is 1110. The van der Waals surface area contributed by atoms with E-state index in [1.807, 2.05) is 42.3 Å². The first-order chi connectivity index (χ1) is 17.5. The van der Waals surface area contributed by atoms with Gasteiger partial charge in [0.1, 0.15) is 5.75 Å². The molecule has 1 aliphatic heterocycles. The second-order valence-corrected chi connectivity index (χ2v) is 12.2. The lowest BCUT2D eigenvalue weighted by Gasteiger charge is -2.60. The first-order valence-electron chi connectivity index (χ1n) is 14.2. The lowest BCUT2D eigenvalue weighted by Crippen LogP contribution is -2.64. The van der Waals surface area contributed by atoms with Gasteiger partial charge >= 0.3 is 0 Å². The normalized spacial score (nSPS) is 31.0. The van der Waals surface area contributed by atoms with Gasteiger partial charge in [0.25, 0.3) is 5.91 Å². The van der Waals surface area contributed by atoms with Crippen LogP contribution in [0.4, 0.5) is 0 Å². The summed E-state index contributed by atoms with van der Waals surface area (Å²) in [6.07, 6.45) is 10.2. The number of piperidine rings is 1. The van der Waals surface area contributed by atoms with Crippen molar-refractivity contribution in [2.24, 2.45) is 17.3 Å². The van der Waals surface area contributed by atoms with Crippen LogP contribution in [0.25, 0.3) is 0 Å². The Morgan fingerprint density at radius 3 is 2.69 bits per heavy atom. The van der Waals surface area contributed by atoms with Gasteiger partial charge in [-0.3, -0.25) is 9.69 Å². The van der Waals surface area contributed by atoms with Crippen LogP contribution in [0.2, 0.25) is 0 Å². The van der Waals surface area contributed by atoms with Crippen LogP contribution < -0.4 is 4.74 Å². The van der Waals surface area contributed by atoms with Gasteiger partial charge in [-0.25, -0.2) is 0 Å². The highest BCUT2D eigenvalue weighted by Gasteiger charge is 2.67. The molecule has 1 saturated heterocycles. The summed E-state index contributed by atoms with van der Waals surface area (Å²) in [6, 6.07) is 17.2. The molecule has 4 unspecified atom stereocenters. The molecule has 3 fully saturated rings. The maximum absolute atomic E-state index is 13.0. The third kappa shape index (κ3) is 3.70. The van der Waals surface area contributed by atoms with Gasteiger partial charge in [-0.15, -0.1) is 0 Å². The molecule has 4 nitrogen and oxygen atoms in total. The molecule has 1 amide bonds. The fourth-order valence-corrected chi connectivity index (χ4v) is 8.65. The van der Waals surface area contributed by atoms with E-state index in [1.54, 1.807) is 18.2 Å². The van der Waals surface area contributed by atoms with Crippen molar-refractivity contribution >= 4 is 5.91 Å². The molecule has 2 aromatic rings. The Balaban J connectivity index is 1.30. The summed E-state index contributed by atoms with van der Waals surface area (Å²) in [6.45, 7) is 5.88. The van der Waals surface area contributed by atoms with Crippen molar-refractivity contribution in [1.82, 2.24) is 9.80 Å². The van der Waals surface area contributed by atoms with Crippen molar-refractivity contribution in [2.45, 2.75) is 69.7 Å². The van der Waals surface area contributed by atoms with E-state index in [9.17, 15) is 4.79 Å². The van der Waals surface area contributed by atoms with Crippen molar-refractivity contribution in [3.8, 4) is 5.75 Å². The van der Waals surface area contributed by atoms with Gasteiger partial charge in [0.15, 0.2) is 0 Å². The first kappa shape index (κ1) is 24.0. The molecule has 2 aromatic carbocycles. The van der Waals surface area contributed by atoms with Crippen LogP contribution in [0.15, 0.2) is 48.5 Å². The number of rotatable bonds is 8. The van der Waals surface area contributed by atoms with E-state index in [4.69, 9.17) is 4.74 Å². The molecule has 4 aliphatic rings. The molecule has 4 atom stereocenters. The average Bonchev–Trinajstić information content (AvgIpc) is 3.55. The number of nitrogens with zero attached hydrogens (tertiary/aromatic N) is 2. The SMILES string of the molecule is COc1ccc2c(c1)C13CCCC1(CCCN(C)C(=O)c1ccccc1)C(C)N(CC1CC1)CC3C2. The van der Waals surface area contributed by atoms with E-state index in [2.05, 4.69) is 30.0 Å². The van der Waals surface area contributed by atoms with Gasteiger partial charge in [0, 0.05) is 43.7 Å². The van der Waals surface area contributed by atoms with Gasteiger partial charge in [0.05, 0.1) is 7.11 Å². The fourth-order valence-electron chi connectivity index (χ4n) is 8.65. The zero-order valence-electron chi connectivity index (χ0n) is 22.3. The molecule has 0 aromatic heterocycles. The monoisotopic (exact) mass is 486 g/mol. The molecule has 4 heteroatoms. The van der Waals surface area contributed by atoms with Crippen LogP contribution in [0.1, 0.15) is 73.4 Å². The Kier molecular flexibility index (Phi) is 6.14. The van der Waals surface area contributed by atoms with E-state index < -0.39 is 0 Å². The van der Waals surface area contributed by atoms with Gasteiger partial charge in [-0.2, -0.15) is 0 Å². The van der Waals surface area contributed by atoms with Crippen molar-refractivity contribution in [1.29, 1.82) is 0 Å². The highest BCUT2D eigenvalue weighted by atomic mass is 16.5. The first-order valence-corrected chi connectivity index (χ1v) is 14.2. The van der Waals surface area contributed by atoms with Gasteiger partial charge in [-0.05, 0) is 105 Å². The van der Waals surface area contributed by atoms with Crippen LogP contribution in [0.5, 0.6) is 5.75 Å². The number of methoxy groups -OCH3 is 1. The van der Waals surface area contributed by atoms with Crippen LogP contribution in [0.3, 0.4) is 0 Å². The Labute approximate surface area is 217 Å². The standard InChI is InChI=1S/C32H42N2O2/c1-23-31(16-8-18-33(2)30(35)25-9-5-4-6-10-25)15-7-17-32(31)27(22-34(23)21-24-11-12-24)19-26-13-14-28(36-3)20-29(26)32/h4-6,9-10,13-14,20,23-24,27H,7-8,11-12,15-19,21-22H2,1-3H3. The fraction of sp³-hybridized carbons (Fsp3) is 0.594. The predicted molar refractivity (Wildman–Crippen MR) is 145 cm³/mol. The minimum absolute atomic E-state index is 0.134. The van der Waals surface area contributed by atoms with Gasteiger partial charge in [-0.1, -0.05) is 30.7 Å². The van der Waals surface area contributed by atoms with E-state index in [0.717, 1.165) is 30.2 Å². The molecule has 36 heavy (non-hydrogen) atoms. The summed E-state index contributed by atoms with van der Waals surface area (Å²) < 4.78 is 5.73. The van der Waals surface area contributed by atoms with E-state index in [-0.39, 0.29) is 16.7 Å². The molecule has 192 valence electrons. The number of carbonyl (C=O) groups is 1. The molecule has 2 saturated carbocycles. The molecule has 6 rings (SSSR count). The number of hydrogen-bond acceptors (Lipinski definition) is 3. The summed E-state index contributed by atoms with van der Waals surface area (Å²) >= 11 is 0. The second-order valence-electron chi connectivity index (χ2n) is 12.2. The summed E-state index contributed by atoms with van der Waals surface area (Å²) in [5.74, 6) is 2.75. The third-order valence-electron chi connectivity index (χ3n) is 10.5. The quantitative estimate of drug-likeness (QED) is 0.463. The topological polar surface area (TPSA) is 32.8 Å². The van der Waals surface area contributed by atoms with Crippen LogP contribution >= 0.6 is 0 Å². The summed E-state index contributed by atoms with van der Waals surface area (Å²) in [5, 5.41) is 0. The van der Waals surface area contributed by atoms with E-state index in [1.165, 1.54) is 58.0 Å². The molecular formula is C32H42N2O2. The Morgan fingerprint density at radius 2 is 1.94 bits per heavy atom. The Hall–Kier alpha value is -2.33. The van der Waals surface area contributed by atoms with Crippen LogP contribution in [-0.4, -0.2) is 55.5 Å². The third-order valence-corrected chi connectivity index (χ3v) is 10.5. The van der Waals surface area contributed by atoms with Crippen LogP contribution in [0, 0.1) is 17.3 Å². The number of likely N-dealkylation sites (tertiary alicyclic amines) is 1. The minimum Gasteiger partial charge on any atom is -0.497 e. The van der Waals surface area contributed by atoms with Crippen LogP contribution in [-0.2, 0) is 11.8 Å². The highest BCUT2D eigenvalue weighted by molar-refractivity contribution is 5.93. The molecule has 1 heterocycles. The molecule has 1 spiro atoms. The maximum Gasteiger partial charge on any atom is 0.253 e. The van der Waals surface area contributed by atoms with Crippen molar-refractivity contribution < 1.29 is 9.53 Å². The maximum atomic E-state index is 13.0. The zero-order valence-corrected chi connectivity index (χ0v) is 22.3. The Morgan fingerprint density at radius 1 is 1.14 bits per heavy atom. The molecular weight excluding hydrogens is 444 g/mol. The number of carbonyl (C=O) groups excluding carboxylic acids is 1. The number of fused-ring (bicyclic) bond motifs is 1. The number of amides is 1. The second kappa shape index (κ2) is 9.20. The van der Waals surface area contributed by atoms with Gasteiger partial charge in [0.2, 0.25) is 0 Å². The van der Waals surface area contributed by atoms with Crippen molar-refractivity contribution in [3.05, 3.63) is 65.2 Å². The lowest BCUT2D eigenvalue weighted by atomic mass is 9.51. The molecule has 0 N–H and O–H groups in total. The summed E-state index contributed by atoms with van der Waals surface area (Å²) in [4.78, 5) is 17.8. The zero-order chi connectivity index (χ0) is 24.9. The van der Waals surface area contributed by atoms with E-state index in [0.29, 0.717) is 12.0 Å². The minimum atomic E-state index is 0.134. The van der Waals surface area contributed by atoms with Crippen molar-refractivity contribution in [2.75, 3.05) is 33.8 Å². The largest absolute Gasteiger partial charge is 0.497 e. The van der Waals surface area contributed by atoms with E-state index >= 15 is 0 Å². The number of hydrogen-bond donors (Lipinski definition) is 0. The summed E-state index contributed by atoms with van der Waals surface area (Å²) in [5.41, 5.74) is 4.45. The summed E-state index contributed by atoms with van der Waals surface area (Å²) in [7, 11) is 3.77. The lowest BCUT2D eigenvalue weighted by molar-refractivity contribution is -0.0717. The molecule has 3 aliphatic carbocycles. The predicted octanol–water partition coefficient (Wildman–Crippen LogP) is 5.94. The number of benzene rings is 2. The average molecular weight is 487 g/mol. The highest BCUT2D eigenvalue weighted by Crippen LogP contribution is 2.69. The smallest absolute Gasteiger partial charge is 0.253 e. The number of ether oxygens (including phenoxy) is 1. The molecule has 0 bridgehead atoms. The van der Waals surface area contributed by atoms with Gasteiger partial charge < -0.3 is 9.64 Å². The molecule has 0 radical (unpaired) electrons. The van der Waals surface area contributed by atoms with Crippen molar-refractivity contribution in [3.63, 3.8) is 0 Å².